The molecule has 0 bridgehead atoms. The zero-order valence-electron chi connectivity index (χ0n) is 13.6. The number of amides is 3. The van der Waals surface area contributed by atoms with E-state index < -0.39 is 17.9 Å². The van der Waals surface area contributed by atoms with Crippen LogP contribution in [0.2, 0.25) is 0 Å². The second kappa shape index (κ2) is 6.89. The highest BCUT2D eigenvalue weighted by Crippen LogP contribution is 2.13. The van der Waals surface area contributed by atoms with Crippen LogP contribution in [0.15, 0.2) is 42.6 Å². The summed E-state index contributed by atoms with van der Waals surface area (Å²) < 4.78 is 1.36. The summed E-state index contributed by atoms with van der Waals surface area (Å²) in [7, 11) is 1.48. The molecule has 4 N–H and O–H groups in total. The Bertz CT molecular complexity index is 1010. The molecule has 2 heterocycles. The van der Waals surface area contributed by atoms with E-state index in [0.717, 1.165) is 0 Å². The summed E-state index contributed by atoms with van der Waals surface area (Å²) in [6.07, 6.45) is 1.46. The molecule has 0 atom stereocenters. The molecule has 10 nitrogen and oxygen atoms in total. The number of hydrogen-bond donors (Lipinski definition) is 4. The highest BCUT2D eigenvalue weighted by atomic mass is 16.4. The number of benzene rings is 1. The number of anilines is 2. The summed E-state index contributed by atoms with van der Waals surface area (Å²) in [4.78, 5) is 38.8. The average Bonchev–Trinajstić information content (AvgIpc) is 3.02. The van der Waals surface area contributed by atoms with E-state index in [1.54, 1.807) is 12.1 Å². The summed E-state index contributed by atoms with van der Waals surface area (Å²) in [6.45, 7) is 0. The fourth-order valence-corrected chi connectivity index (χ4v) is 2.17. The first-order chi connectivity index (χ1) is 12.5. The number of carbonyl (C=O) groups is 3. The lowest BCUT2D eigenvalue weighted by Crippen LogP contribution is -2.24. The fraction of sp³-hybridized carbons (Fsp3) is 0.0625. The number of fused-ring (bicyclic) bond motifs is 1. The lowest BCUT2D eigenvalue weighted by Gasteiger charge is -2.05. The van der Waals surface area contributed by atoms with Gasteiger partial charge in [-0.1, -0.05) is 6.07 Å². The number of nitrogens with zero attached hydrogens (tertiary/aromatic N) is 3. The Hall–Kier alpha value is -3.95. The largest absolute Gasteiger partial charge is 0.478 e. The van der Waals surface area contributed by atoms with Gasteiger partial charge in [0.1, 0.15) is 5.69 Å². The maximum absolute atomic E-state index is 12.3. The molecule has 132 valence electrons. The Morgan fingerprint density at radius 1 is 1.12 bits per heavy atom. The predicted octanol–water partition coefficient (Wildman–Crippen LogP) is 1.43. The van der Waals surface area contributed by atoms with Crippen molar-refractivity contribution in [3.8, 4) is 0 Å². The molecule has 0 spiro atoms. The molecule has 1 aromatic carbocycles. The molecule has 26 heavy (non-hydrogen) atoms. The first-order valence-corrected chi connectivity index (χ1v) is 7.46. The SMILES string of the molecule is CNC(=O)Nc1cn2nc(C(=O)Nc3cccc(C(=O)O)c3)ccc2n1. The molecule has 0 aliphatic rings. The lowest BCUT2D eigenvalue weighted by molar-refractivity contribution is 0.0696. The lowest BCUT2D eigenvalue weighted by atomic mass is 10.2. The van der Waals surface area contributed by atoms with Crippen LogP contribution >= 0.6 is 0 Å². The van der Waals surface area contributed by atoms with Crippen molar-refractivity contribution in [2.45, 2.75) is 0 Å². The van der Waals surface area contributed by atoms with Crippen LogP contribution in [-0.4, -0.2) is 44.7 Å². The normalized spacial score (nSPS) is 10.3. The van der Waals surface area contributed by atoms with E-state index in [1.807, 2.05) is 0 Å². The van der Waals surface area contributed by atoms with Crippen molar-refractivity contribution in [3.63, 3.8) is 0 Å². The highest BCUT2D eigenvalue weighted by Gasteiger charge is 2.12. The van der Waals surface area contributed by atoms with E-state index in [2.05, 4.69) is 26.0 Å². The first-order valence-electron chi connectivity index (χ1n) is 7.46. The van der Waals surface area contributed by atoms with Gasteiger partial charge < -0.3 is 15.7 Å². The molecule has 0 radical (unpaired) electrons. The predicted molar refractivity (Wildman–Crippen MR) is 92.4 cm³/mol. The van der Waals surface area contributed by atoms with Gasteiger partial charge in [-0.25, -0.2) is 19.1 Å². The fourth-order valence-electron chi connectivity index (χ4n) is 2.17. The Kier molecular flexibility index (Phi) is 4.48. The minimum absolute atomic E-state index is 0.0609. The molecular weight excluding hydrogens is 340 g/mol. The first kappa shape index (κ1) is 16.9. The van der Waals surface area contributed by atoms with Crippen LogP contribution in [0.1, 0.15) is 20.8 Å². The Balaban J connectivity index is 1.81. The molecule has 0 unspecified atom stereocenters. The van der Waals surface area contributed by atoms with Gasteiger partial charge in [0.15, 0.2) is 11.5 Å². The van der Waals surface area contributed by atoms with Crippen LogP contribution in [0, 0.1) is 0 Å². The molecule has 3 rings (SSSR count). The van der Waals surface area contributed by atoms with Crippen molar-refractivity contribution in [1.29, 1.82) is 0 Å². The van der Waals surface area contributed by atoms with Gasteiger partial charge in [0.25, 0.3) is 5.91 Å². The number of aromatic nitrogens is 3. The van der Waals surface area contributed by atoms with Crippen LogP contribution < -0.4 is 16.0 Å². The van der Waals surface area contributed by atoms with Gasteiger partial charge in [0, 0.05) is 12.7 Å². The molecule has 3 aromatic rings. The van der Waals surface area contributed by atoms with E-state index in [-0.39, 0.29) is 17.1 Å². The number of hydrogen-bond acceptors (Lipinski definition) is 5. The second-order valence-corrected chi connectivity index (χ2v) is 5.19. The van der Waals surface area contributed by atoms with Crippen molar-refractivity contribution >= 4 is 35.1 Å². The zero-order chi connectivity index (χ0) is 18.7. The highest BCUT2D eigenvalue weighted by molar-refractivity contribution is 6.03. The average molecular weight is 354 g/mol. The maximum Gasteiger partial charge on any atom is 0.335 e. The zero-order valence-corrected chi connectivity index (χ0v) is 13.6. The second-order valence-electron chi connectivity index (χ2n) is 5.19. The molecule has 2 aromatic heterocycles. The van der Waals surface area contributed by atoms with Gasteiger partial charge >= 0.3 is 12.0 Å². The third kappa shape index (κ3) is 3.59. The van der Waals surface area contributed by atoms with Gasteiger partial charge in [0.2, 0.25) is 0 Å². The molecule has 0 aliphatic heterocycles. The molecule has 0 saturated heterocycles. The third-order valence-corrected chi connectivity index (χ3v) is 3.39. The van der Waals surface area contributed by atoms with Crippen LogP contribution in [0.5, 0.6) is 0 Å². The maximum atomic E-state index is 12.3. The van der Waals surface area contributed by atoms with E-state index in [9.17, 15) is 14.4 Å². The number of aromatic carboxylic acids is 1. The summed E-state index contributed by atoms with van der Waals surface area (Å²) in [5, 5.41) is 20.6. The number of imidazole rings is 1. The molecule has 3 amide bonds. The smallest absolute Gasteiger partial charge is 0.335 e. The summed E-state index contributed by atoms with van der Waals surface area (Å²) in [5.74, 6) is -1.32. The van der Waals surface area contributed by atoms with Crippen LogP contribution in [0.25, 0.3) is 5.65 Å². The van der Waals surface area contributed by atoms with Crippen LogP contribution in [0.3, 0.4) is 0 Å². The van der Waals surface area contributed by atoms with Crippen LogP contribution in [0.4, 0.5) is 16.3 Å². The number of carboxylic acid groups (broad SMARTS) is 1. The van der Waals surface area contributed by atoms with E-state index >= 15 is 0 Å². The van der Waals surface area contributed by atoms with Crippen LogP contribution in [-0.2, 0) is 0 Å². The quantitative estimate of drug-likeness (QED) is 0.559. The standard InChI is InChI=1S/C16H14N6O4/c1-17-16(26)20-12-8-22-13(19-12)6-5-11(21-22)14(23)18-10-4-2-3-9(7-10)15(24)25/h2-8H,1H3,(H,18,23)(H,24,25)(H2,17,20,26). The number of nitrogens with one attached hydrogen (secondary N) is 3. The summed E-state index contributed by atoms with van der Waals surface area (Å²) in [6, 6.07) is 8.50. The topological polar surface area (TPSA) is 138 Å². The van der Waals surface area contributed by atoms with Gasteiger partial charge in [-0.3, -0.25) is 10.1 Å². The minimum Gasteiger partial charge on any atom is -0.478 e. The van der Waals surface area contributed by atoms with Crippen molar-refractivity contribution in [1.82, 2.24) is 19.9 Å². The molecule has 0 aliphatic carbocycles. The van der Waals surface area contributed by atoms with E-state index in [0.29, 0.717) is 11.3 Å². The summed E-state index contributed by atoms with van der Waals surface area (Å²) >= 11 is 0. The molecule has 0 fully saturated rings. The Labute approximate surface area is 146 Å². The minimum atomic E-state index is -1.09. The molecule has 0 saturated carbocycles. The number of urea groups is 1. The monoisotopic (exact) mass is 354 g/mol. The number of carbonyl (C=O) groups excluding carboxylic acids is 2. The van der Waals surface area contributed by atoms with Gasteiger partial charge in [0.05, 0.1) is 11.8 Å². The Morgan fingerprint density at radius 3 is 2.65 bits per heavy atom. The third-order valence-electron chi connectivity index (χ3n) is 3.39. The number of rotatable bonds is 4. The molecule has 10 heteroatoms. The molecular formula is C16H14N6O4. The summed E-state index contributed by atoms with van der Waals surface area (Å²) in [5.41, 5.74) is 0.943. The van der Waals surface area contributed by atoms with Gasteiger partial charge in [-0.15, -0.1) is 0 Å². The van der Waals surface area contributed by atoms with Crippen molar-refractivity contribution in [3.05, 3.63) is 53.9 Å². The van der Waals surface area contributed by atoms with Gasteiger partial charge in [-0.05, 0) is 30.3 Å². The van der Waals surface area contributed by atoms with Crippen molar-refractivity contribution in [2.75, 3.05) is 17.7 Å². The van der Waals surface area contributed by atoms with Crippen molar-refractivity contribution in [2.24, 2.45) is 0 Å². The van der Waals surface area contributed by atoms with Crippen molar-refractivity contribution < 1.29 is 19.5 Å². The van der Waals surface area contributed by atoms with E-state index in [4.69, 9.17) is 5.11 Å². The van der Waals surface area contributed by atoms with Gasteiger partial charge in [-0.2, -0.15) is 5.10 Å². The number of carboxylic acids is 1. The Morgan fingerprint density at radius 2 is 1.92 bits per heavy atom. The van der Waals surface area contributed by atoms with E-state index in [1.165, 1.54) is 42.0 Å².